The number of fused-ring (bicyclic) bond motifs is 3. The summed E-state index contributed by atoms with van der Waals surface area (Å²) in [6, 6.07) is 13.2. The van der Waals surface area contributed by atoms with Crippen LogP contribution in [0.1, 0.15) is 11.4 Å². The monoisotopic (exact) mass is 469 g/mol. The van der Waals surface area contributed by atoms with Crippen LogP contribution in [-0.4, -0.2) is 29.4 Å². The average molecular weight is 470 g/mol. The molecular weight excluding hydrogens is 454 g/mol. The molecule has 5 aromatic rings. The average Bonchev–Trinajstić information content (AvgIpc) is 3.41. The van der Waals surface area contributed by atoms with Crippen LogP contribution in [0.25, 0.3) is 16.7 Å². The maximum absolute atomic E-state index is 12.6. The summed E-state index contributed by atoms with van der Waals surface area (Å²) in [5, 5.41) is 22.3. The molecule has 0 aliphatic heterocycles. The normalized spacial score (nSPS) is 11.5. The number of rotatable bonds is 5. The molecule has 1 N–H and O–H groups in total. The summed E-state index contributed by atoms with van der Waals surface area (Å²) in [4.78, 5) is 12.6. The summed E-state index contributed by atoms with van der Waals surface area (Å²) < 4.78 is 4.23. The summed E-state index contributed by atoms with van der Waals surface area (Å²) in [5.74, 6) is 1.78. The molecule has 0 saturated carbocycles. The Bertz CT molecular complexity index is 1490. The highest BCUT2D eigenvalue weighted by molar-refractivity contribution is 8.00. The molecule has 0 aliphatic rings. The van der Waals surface area contributed by atoms with Gasteiger partial charge in [-0.25, -0.2) is 0 Å². The molecule has 0 unspecified atom stereocenters. The Kier molecular flexibility index (Phi) is 5.12. The first-order valence-corrected chi connectivity index (χ1v) is 11.5. The lowest BCUT2D eigenvalue weighted by Crippen LogP contribution is -2.20. The first-order valence-electron chi connectivity index (χ1n) is 9.33. The fraction of sp³-hybridized carbons (Fsp3) is 0.150. The third-order valence-electron chi connectivity index (χ3n) is 4.93. The van der Waals surface area contributed by atoms with Crippen LogP contribution < -0.4 is 10.9 Å². The number of nitrogens with zero attached hydrogens (tertiary/aromatic N) is 6. The highest BCUT2D eigenvalue weighted by Gasteiger charge is 2.16. The highest BCUT2D eigenvalue weighted by Crippen LogP contribution is 2.32. The number of anilines is 2. The number of aryl methyl sites for hydroxylation is 1. The SMILES string of the molecule is Cc1c(Cl)cccc1Nc1nnc(SCc2nnc3n(C)c(=O)c4ccccc4n23)s1. The maximum Gasteiger partial charge on any atom is 0.262 e. The van der Waals surface area contributed by atoms with E-state index in [1.54, 1.807) is 7.05 Å². The zero-order valence-electron chi connectivity index (χ0n) is 16.5. The van der Waals surface area contributed by atoms with Gasteiger partial charge in [0.05, 0.1) is 16.7 Å². The number of halogens is 1. The Hall–Kier alpha value is -2.95. The quantitative estimate of drug-likeness (QED) is 0.381. The van der Waals surface area contributed by atoms with Crippen molar-refractivity contribution in [2.45, 2.75) is 17.0 Å². The van der Waals surface area contributed by atoms with Crippen LogP contribution in [0.5, 0.6) is 0 Å². The lowest BCUT2D eigenvalue weighted by atomic mass is 10.2. The summed E-state index contributed by atoms with van der Waals surface area (Å²) in [7, 11) is 1.70. The van der Waals surface area contributed by atoms with Crippen molar-refractivity contribution in [3.05, 3.63) is 69.2 Å². The Labute approximate surface area is 189 Å². The highest BCUT2D eigenvalue weighted by atomic mass is 35.5. The largest absolute Gasteiger partial charge is 0.330 e. The van der Waals surface area contributed by atoms with Crippen molar-refractivity contribution in [3.8, 4) is 0 Å². The predicted octanol–water partition coefficient (Wildman–Crippen LogP) is 4.43. The molecular formula is C20H16ClN7OS2. The van der Waals surface area contributed by atoms with E-state index < -0.39 is 0 Å². The first kappa shape index (κ1) is 20.0. The fourth-order valence-corrected chi connectivity index (χ4v) is 5.14. The zero-order chi connectivity index (χ0) is 21.5. The van der Waals surface area contributed by atoms with E-state index in [0.29, 0.717) is 27.1 Å². The van der Waals surface area contributed by atoms with E-state index in [9.17, 15) is 4.79 Å². The van der Waals surface area contributed by atoms with E-state index in [4.69, 9.17) is 11.6 Å². The minimum atomic E-state index is -0.0918. The van der Waals surface area contributed by atoms with E-state index in [-0.39, 0.29) is 5.56 Å². The van der Waals surface area contributed by atoms with Gasteiger partial charge in [-0.2, -0.15) is 0 Å². The van der Waals surface area contributed by atoms with Gasteiger partial charge in [-0.3, -0.25) is 13.8 Å². The Morgan fingerprint density at radius 1 is 1.10 bits per heavy atom. The van der Waals surface area contributed by atoms with Crippen molar-refractivity contribution in [1.82, 2.24) is 29.4 Å². The summed E-state index contributed by atoms with van der Waals surface area (Å²) >= 11 is 9.16. The molecule has 3 aromatic heterocycles. The molecule has 0 amide bonds. The maximum atomic E-state index is 12.6. The van der Waals surface area contributed by atoms with Gasteiger partial charge < -0.3 is 5.32 Å². The molecule has 156 valence electrons. The first-order chi connectivity index (χ1) is 15.0. The summed E-state index contributed by atoms with van der Waals surface area (Å²) in [6.45, 7) is 1.95. The van der Waals surface area contributed by atoms with E-state index in [2.05, 4.69) is 25.7 Å². The molecule has 0 fully saturated rings. The minimum Gasteiger partial charge on any atom is -0.330 e. The molecule has 0 radical (unpaired) electrons. The lowest BCUT2D eigenvalue weighted by Gasteiger charge is -2.07. The second-order valence-electron chi connectivity index (χ2n) is 6.83. The van der Waals surface area contributed by atoms with Crippen molar-refractivity contribution in [2.75, 3.05) is 5.32 Å². The van der Waals surface area contributed by atoms with Crippen LogP contribution in [0.2, 0.25) is 5.02 Å². The Balaban J connectivity index is 1.41. The van der Waals surface area contributed by atoms with Gasteiger partial charge in [0.25, 0.3) is 5.56 Å². The molecule has 11 heteroatoms. The third-order valence-corrected chi connectivity index (χ3v) is 7.31. The van der Waals surface area contributed by atoms with Crippen LogP contribution >= 0.6 is 34.7 Å². The smallest absolute Gasteiger partial charge is 0.262 e. The van der Waals surface area contributed by atoms with Gasteiger partial charge in [0.2, 0.25) is 10.9 Å². The number of hydrogen-bond donors (Lipinski definition) is 1. The second kappa shape index (κ2) is 7.95. The third kappa shape index (κ3) is 3.56. The van der Waals surface area contributed by atoms with Gasteiger partial charge in [0.15, 0.2) is 4.34 Å². The molecule has 0 bridgehead atoms. The number of thioether (sulfide) groups is 1. The minimum absolute atomic E-state index is 0.0918. The summed E-state index contributed by atoms with van der Waals surface area (Å²) in [6.07, 6.45) is 0. The van der Waals surface area contributed by atoms with Gasteiger partial charge in [0, 0.05) is 17.8 Å². The van der Waals surface area contributed by atoms with Crippen LogP contribution in [0.15, 0.2) is 51.6 Å². The summed E-state index contributed by atoms with van der Waals surface area (Å²) in [5.41, 5.74) is 2.56. The molecule has 5 rings (SSSR count). The molecule has 0 saturated heterocycles. The van der Waals surface area contributed by atoms with Gasteiger partial charge in [-0.15, -0.1) is 20.4 Å². The topological polar surface area (TPSA) is 90.0 Å². The number of para-hydroxylation sites is 1. The molecule has 2 aromatic carbocycles. The van der Waals surface area contributed by atoms with Crippen molar-refractivity contribution >= 4 is 62.2 Å². The molecule has 8 nitrogen and oxygen atoms in total. The zero-order valence-corrected chi connectivity index (χ0v) is 18.9. The fourth-order valence-electron chi connectivity index (χ4n) is 3.29. The van der Waals surface area contributed by atoms with Crippen molar-refractivity contribution in [3.63, 3.8) is 0 Å². The van der Waals surface area contributed by atoms with Gasteiger partial charge in [0.1, 0.15) is 5.82 Å². The standard InChI is InChI=1S/C20H16ClN7OS2/c1-11-13(21)7-5-8-14(11)22-18-24-26-20(31-18)30-10-16-23-25-19-27(2)17(29)12-6-3-4-9-15(12)28(16)19/h3-9H,10H2,1-2H3,(H,22,24). The van der Waals surface area contributed by atoms with Crippen LogP contribution in [0.3, 0.4) is 0 Å². The predicted molar refractivity (Wildman–Crippen MR) is 125 cm³/mol. The molecule has 0 spiro atoms. The van der Waals surface area contributed by atoms with E-state index in [1.807, 2.05) is 53.8 Å². The Morgan fingerprint density at radius 3 is 2.81 bits per heavy atom. The molecule has 31 heavy (non-hydrogen) atoms. The van der Waals surface area contributed by atoms with Crippen LogP contribution in [0.4, 0.5) is 10.8 Å². The van der Waals surface area contributed by atoms with E-state index >= 15 is 0 Å². The molecule has 0 atom stereocenters. The van der Waals surface area contributed by atoms with E-state index in [1.165, 1.54) is 27.7 Å². The Morgan fingerprint density at radius 2 is 1.94 bits per heavy atom. The molecule has 3 heterocycles. The van der Waals surface area contributed by atoms with Crippen molar-refractivity contribution in [2.24, 2.45) is 7.05 Å². The number of benzene rings is 2. The van der Waals surface area contributed by atoms with Crippen LogP contribution in [0, 0.1) is 6.92 Å². The number of nitrogens with one attached hydrogen (secondary N) is 1. The molecule has 0 aliphatic carbocycles. The van der Waals surface area contributed by atoms with Crippen LogP contribution in [-0.2, 0) is 12.8 Å². The van der Waals surface area contributed by atoms with Crippen molar-refractivity contribution in [1.29, 1.82) is 0 Å². The van der Waals surface area contributed by atoms with E-state index in [0.717, 1.165) is 26.9 Å². The lowest BCUT2D eigenvalue weighted by molar-refractivity contribution is 0.857. The van der Waals surface area contributed by atoms with Gasteiger partial charge in [-0.05, 0) is 36.8 Å². The number of hydrogen-bond acceptors (Lipinski definition) is 8. The van der Waals surface area contributed by atoms with Gasteiger partial charge in [-0.1, -0.05) is 52.9 Å². The van der Waals surface area contributed by atoms with Gasteiger partial charge >= 0.3 is 0 Å². The second-order valence-corrected chi connectivity index (χ2v) is 9.44. The van der Waals surface area contributed by atoms with Crippen molar-refractivity contribution < 1.29 is 0 Å². The number of aromatic nitrogens is 6.